The number of benzene rings is 4. The lowest BCUT2D eigenvalue weighted by Crippen LogP contribution is -2.60. The monoisotopic (exact) mass is 566 g/mol. The van der Waals surface area contributed by atoms with Gasteiger partial charge in [0.15, 0.2) is 12.6 Å². The molecule has 2 fully saturated rings. The molecule has 0 bridgehead atoms. The summed E-state index contributed by atoms with van der Waals surface area (Å²) in [7, 11) is 0. The summed E-state index contributed by atoms with van der Waals surface area (Å²) in [6.45, 7) is -0.167. The second kappa shape index (κ2) is 13.1. The Morgan fingerprint density at radius 3 is 1.17 bits per heavy atom. The Kier molecular flexibility index (Phi) is 8.67. The number of hydrogen-bond acceptors (Lipinski definition) is 8. The average Bonchev–Trinajstić information content (AvgIpc) is 3.07. The summed E-state index contributed by atoms with van der Waals surface area (Å²) in [6.07, 6.45) is -4.39. The van der Waals surface area contributed by atoms with Crippen LogP contribution in [0.2, 0.25) is 0 Å². The minimum absolute atomic E-state index is 0.0837. The quantitative estimate of drug-likeness (QED) is 0.252. The summed E-state index contributed by atoms with van der Waals surface area (Å²) in [4.78, 5) is 25.7. The molecule has 2 aliphatic rings. The van der Waals surface area contributed by atoms with Crippen molar-refractivity contribution in [3.8, 4) is 0 Å². The molecule has 8 nitrogen and oxygen atoms in total. The van der Waals surface area contributed by atoms with Gasteiger partial charge in [-0.05, 0) is 24.3 Å². The molecule has 4 aromatic rings. The molecule has 4 aromatic carbocycles. The molecule has 2 heterocycles. The highest BCUT2D eigenvalue weighted by atomic mass is 16.8. The van der Waals surface area contributed by atoms with E-state index in [0.717, 1.165) is 11.1 Å². The van der Waals surface area contributed by atoms with E-state index in [1.54, 1.807) is 48.5 Å². The summed E-state index contributed by atoms with van der Waals surface area (Å²) in [5, 5.41) is 0. The van der Waals surface area contributed by atoms with Gasteiger partial charge in [-0.25, -0.2) is 9.59 Å². The third kappa shape index (κ3) is 6.42. The van der Waals surface area contributed by atoms with E-state index in [0.29, 0.717) is 11.1 Å². The molecule has 42 heavy (non-hydrogen) atoms. The molecule has 0 saturated carbocycles. The highest BCUT2D eigenvalue weighted by Crippen LogP contribution is 2.41. The van der Waals surface area contributed by atoms with Gasteiger partial charge >= 0.3 is 11.9 Å². The molecule has 214 valence electrons. The number of rotatable bonds is 8. The normalized spacial score (nSPS) is 25.1. The molecular weight excluding hydrogens is 536 g/mol. The number of ether oxygens (including phenoxy) is 6. The predicted molar refractivity (Wildman–Crippen MR) is 151 cm³/mol. The molecule has 8 heteroatoms. The fourth-order valence-electron chi connectivity index (χ4n) is 5.01. The van der Waals surface area contributed by atoms with Crippen molar-refractivity contribution in [2.45, 2.75) is 37.0 Å². The molecule has 2 saturated heterocycles. The maximum absolute atomic E-state index is 12.8. The largest absolute Gasteiger partial charge is 0.459 e. The fraction of sp³-hybridized carbons (Fsp3) is 0.235. The van der Waals surface area contributed by atoms with Crippen molar-refractivity contribution in [3.63, 3.8) is 0 Å². The van der Waals surface area contributed by atoms with Gasteiger partial charge in [-0.15, -0.1) is 0 Å². The van der Waals surface area contributed by atoms with Crippen molar-refractivity contribution in [1.82, 2.24) is 0 Å². The van der Waals surface area contributed by atoms with E-state index in [4.69, 9.17) is 28.4 Å². The van der Waals surface area contributed by atoms with E-state index in [1.807, 2.05) is 72.8 Å². The van der Waals surface area contributed by atoms with Gasteiger partial charge in [-0.1, -0.05) is 97.1 Å². The molecular formula is C34H30O8. The predicted octanol–water partition coefficient (Wildman–Crippen LogP) is 5.67. The van der Waals surface area contributed by atoms with Crippen molar-refractivity contribution in [2.24, 2.45) is 0 Å². The summed E-state index contributed by atoms with van der Waals surface area (Å²) in [6, 6.07) is 36.4. The number of esters is 2. The second-order valence-corrected chi connectivity index (χ2v) is 9.96. The number of hydrogen-bond donors (Lipinski definition) is 0. The zero-order valence-electron chi connectivity index (χ0n) is 22.7. The van der Waals surface area contributed by atoms with Crippen LogP contribution in [0.1, 0.15) is 44.4 Å². The SMILES string of the molecule is O=C(OC[C@@H]1O[C@H](c2ccccc2)O[C@H]2[C@H]1O[C@H](c1ccccc1)O[C@@H]2COC(=O)c1ccccc1)c1ccccc1. The highest BCUT2D eigenvalue weighted by Gasteiger charge is 2.51. The fourth-order valence-corrected chi connectivity index (χ4v) is 5.01. The first kappa shape index (κ1) is 27.8. The van der Waals surface area contributed by atoms with Crippen molar-refractivity contribution in [2.75, 3.05) is 13.2 Å². The van der Waals surface area contributed by atoms with E-state index < -0.39 is 48.9 Å². The highest BCUT2D eigenvalue weighted by molar-refractivity contribution is 5.89. The van der Waals surface area contributed by atoms with Crippen LogP contribution in [0.5, 0.6) is 0 Å². The van der Waals surface area contributed by atoms with Crippen LogP contribution < -0.4 is 0 Å². The lowest BCUT2D eigenvalue weighted by molar-refractivity contribution is -0.386. The van der Waals surface area contributed by atoms with E-state index in [1.165, 1.54) is 0 Å². The van der Waals surface area contributed by atoms with E-state index in [2.05, 4.69) is 0 Å². The standard InChI is InChI=1S/C34H30O8/c35-31(23-13-5-1-6-14-23)37-21-27-29-30(42-33(39-27)25-17-9-3-10-18-25)28(22-38-32(36)24-15-7-2-8-16-24)40-34(41-29)26-19-11-4-12-20-26/h1-20,27-30,33-34H,21-22H2/t27-,28+,29-,30+,33-,34+. The number of carbonyl (C=O) groups is 2. The Labute approximate surface area is 243 Å². The number of fused-ring (bicyclic) bond motifs is 1. The van der Waals surface area contributed by atoms with Gasteiger partial charge in [-0.2, -0.15) is 0 Å². The zero-order valence-corrected chi connectivity index (χ0v) is 22.7. The van der Waals surface area contributed by atoms with Gasteiger partial charge in [0.1, 0.15) is 37.6 Å². The average molecular weight is 567 g/mol. The molecule has 6 atom stereocenters. The molecule has 6 rings (SSSR count). The van der Waals surface area contributed by atoms with Crippen LogP contribution in [0, 0.1) is 0 Å². The first-order chi connectivity index (χ1) is 20.7. The van der Waals surface area contributed by atoms with Gasteiger partial charge in [0.05, 0.1) is 11.1 Å². The minimum Gasteiger partial charge on any atom is -0.459 e. The van der Waals surface area contributed by atoms with E-state index in [-0.39, 0.29) is 13.2 Å². The van der Waals surface area contributed by atoms with Crippen molar-refractivity contribution in [1.29, 1.82) is 0 Å². The summed E-state index contributed by atoms with van der Waals surface area (Å²) in [5.41, 5.74) is 2.42. The van der Waals surface area contributed by atoms with Crippen LogP contribution in [0.25, 0.3) is 0 Å². The molecule has 0 spiro atoms. The molecule has 0 radical (unpaired) electrons. The summed E-state index contributed by atoms with van der Waals surface area (Å²) < 4.78 is 37.0. The van der Waals surface area contributed by atoms with Gasteiger partial charge < -0.3 is 28.4 Å². The third-order valence-corrected chi connectivity index (χ3v) is 7.13. The van der Waals surface area contributed by atoms with Crippen LogP contribution in [-0.2, 0) is 28.4 Å². The summed E-state index contributed by atoms with van der Waals surface area (Å²) >= 11 is 0. The third-order valence-electron chi connectivity index (χ3n) is 7.13. The topological polar surface area (TPSA) is 89.5 Å². The second-order valence-electron chi connectivity index (χ2n) is 9.96. The molecule has 0 aliphatic carbocycles. The Morgan fingerprint density at radius 1 is 0.476 bits per heavy atom. The molecule has 0 amide bonds. The Hall–Kier alpha value is -4.34. The van der Waals surface area contributed by atoms with Crippen molar-refractivity contribution >= 4 is 11.9 Å². The van der Waals surface area contributed by atoms with E-state index >= 15 is 0 Å². The first-order valence-corrected chi connectivity index (χ1v) is 13.8. The molecule has 0 aromatic heterocycles. The molecule has 2 aliphatic heterocycles. The van der Waals surface area contributed by atoms with Gasteiger partial charge in [0.25, 0.3) is 0 Å². The lowest BCUT2D eigenvalue weighted by atomic mass is 9.98. The van der Waals surface area contributed by atoms with Crippen LogP contribution in [0.4, 0.5) is 0 Å². The van der Waals surface area contributed by atoms with Crippen LogP contribution in [0.3, 0.4) is 0 Å². The summed E-state index contributed by atoms with van der Waals surface area (Å²) in [5.74, 6) is -0.947. The Balaban J connectivity index is 1.27. The van der Waals surface area contributed by atoms with Gasteiger partial charge in [-0.3, -0.25) is 0 Å². The first-order valence-electron chi connectivity index (χ1n) is 13.8. The van der Waals surface area contributed by atoms with Crippen molar-refractivity contribution < 1.29 is 38.0 Å². The lowest BCUT2D eigenvalue weighted by Gasteiger charge is -2.48. The Bertz CT molecular complexity index is 1340. The zero-order chi connectivity index (χ0) is 28.7. The van der Waals surface area contributed by atoms with Crippen LogP contribution in [-0.4, -0.2) is 49.6 Å². The maximum Gasteiger partial charge on any atom is 0.338 e. The van der Waals surface area contributed by atoms with Gasteiger partial charge in [0.2, 0.25) is 0 Å². The van der Waals surface area contributed by atoms with E-state index in [9.17, 15) is 9.59 Å². The molecule has 0 unspecified atom stereocenters. The van der Waals surface area contributed by atoms with Crippen LogP contribution in [0.15, 0.2) is 121 Å². The minimum atomic E-state index is -0.791. The van der Waals surface area contributed by atoms with Gasteiger partial charge in [0, 0.05) is 11.1 Å². The smallest absolute Gasteiger partial charge is 0.338 e. The maximum atomic E-state index is 12.8. The Morgan fingerprint density at radius 2 is 0.810 bits per heavy atom. The van der Waals surface area contributed by atoms with Crippen molar-refractivity contribution in [3.05, 3.63) is 144 Å². The van der Waals surface area contributed by atoms with Crippen LogP contribution >= 0.6 is 0 Å². The number of carbonyl (C=O) groups excluding carboxylic acids is 2. The molecule has 0 N–H and O–H groups in total.